The predicted octanol–water partition coefficient (Wildman–Crippen LogP) is 2.53. The van der Waals surface area contributed by atoms with E-state index in [9.17, 15) is 0 Å². The van der Waals surface area contributed by atoms with Gasteiger partial charge in [-0.15, -0.1) is 0 Å². The van der Waals surface area contributed by atoms with Gasteiger partial charge in [0.15, 0.2) is 5.82 Å². The van der Waals surface area contributed by atoms with Crippen LogP contribution in [-0.4, -0.2) is 34.9 Å². The molecule has 0 radical (unpaired) electrons. The molecule has 0 aliphatic carbocycles. The molecule has 6 nitrogen and oxygen atoms in total. The van der Waals surface area contributed by atoms with Crippen LogP contribution < -0.4 is 5.32 Å². The molecule has 1 N–H and O–H groups in total. The summed E-state index contributed by atoms with van der Waals surface area (Å²) in [4.78, 5) is 8.66. The topological polar surface area (TPSA) is 73.1 Å². The van der Waals surface area contributed by atoms with Crippen LogP contribution in [0.3, 0.4) is 0 Å². The first-order valence-corrected chi connectivity index (χ1v) is 6.77. The zero-order valence-electron chi connectivity index (χ0n) is 12.1. The van der Waals surface area contributed by atoms with Gasteiger partial charge in [-0.05, 0) is 25.5 Å². The van der Waals surface area contributed by atoms with Crippen molar-refractivity contribution in [2.24, 2.45) is 0 Å². The fourth-order valence-electron chi connectivity index (χ4n) is 1.63. The van der Waals surface area contributed by atoms with E-state index in [4.69, 9.17) is 9.26 Å². The number of nitrogens with zero attached hydrogens (tertiary/aromatic N) is 3. The quantitative estimate of drug-likeness (QED) is 0.837. The molecule has 0 aliphatic heterocycles. The summed E-state index contributed by atoms with van der Waals surface area (Å²) < 4.78 is 10.2. The van der Waals surface area contributed by atoms with Crippen LogP contribution >= 0.6 is 0 Å². The third kappa shape index (κ3) is 3.77. The Kier molecular flexibility index (Phi) is 5.06. The molecule has 0 saturated carbocycles. The molecule has 6 heteroatoms. The summed E-state index contributed by atoms with van der Waals surface area (Å²) in [5, 5.41) is 7.21. The SMILES string of the molecule is CC[C@@H](C)Nc1ccc(-c2nc(CCOC)no2)cn1. The summed E-state index contributed by atoms with van der Waals surface area (Å²) in [5.41, 5.74) is 0.816. The van der Waals surface area contributed by atoms with Gasteiger partial charge in [0.25, 0.3) is 5.89 Å². The number of ether oxygens (including phenoxy) is 1. The summed E-state index contributed by atoms with van der Waals surface area (Å²) in [6, 6.07) is 4.24. The van der Waals surface area contributed by atoms with E-state index >= 15 is 0 Å². The van der Waals surface area contributed by atoms with E-state index < -0.39 is 0 Å². The molecule has 2 aromatic heterocycles. The molecule has 2 heterocycles. The Labute approximate surface area is 118 Å². The molecule has 0 aliphatic rings. The van der Waals surface area contributed by atoms with E-state index in [1.54, 1.807) is 13.3 Å². The van der Waals surface area contributed by atoms with Crippen molar-refractivity contribution in [3.8, 4) is 11.5 Å². The Balaban J connectivity index is 2.03. The Hall–Kier alpha value is -1.95. The molecule has 0 spiro atoms. The Morgan fingerprint density at radius 3 is 2.90 bits per heavy atom. The van der Waals surface area contributed by atoms with Gasteiger partial charge in [-0.1, -0.05) is 12.1 Å². The zero-order valence-corrected chi connectivity index (χ0v) is 12.1. The highest BCUT2D eigenvalue weighted by atomic mass is 16.5. The standard InChI is InChI=1S/C14H20N4O2/c1-4-10(2)16-12-6-5-11(9-15-12)14-17-13(18-20-14)7-8-19-3/h5-6,9-10H,4,7-8H2,1-3H3,(H,15,16)/t10-/m1/s1. The zero-order chi connectivity index (χ0) is 14.4. The second-order valence-corrected chi connectivity index (χ2v) is 4.64. The summed E-state index contributed by atoms with van der Waals surface area (Å²) in [6.45, 7) is 4.83. The van der Waals surface area contributed by atoms with Crippen LogP contribution in [-0.2, 0) is 11.2 Å². The highest BCUT2D eigenvalue weighted by Gasteiger charge is 2.09. The maximum absolute atomic E-state index is 5.21. The van der Waals surface area contributed by atoms with E-state index in [0.717, 1.165) is 17.8 Å². The molecule has 0 fully saturated rings. The molecule has 20 heavy (non-hydrogen) atoms. The predicted molar refractivity (Wildman–Crippen MR) is 76.5 cm³/mol. The van der Waals surface area contributed by atoms with Crippen molar-refractivity contribution in [3.63, 3.8) is 0 Å². The van der Waals surface area contributed by atoms with Crippen LogP contribution in [0, 0.1) is 0 Å². The van der Waals surface area contributed by atoms with E-state index in [2.05, 4.69) is 34.3 Å². The van der Waals surface area contributed by atoms with Gasteiger partial charge < -0.3 is 14.6 Å². The number of hydrogen-bond donors (Lipinski definition) is 1. The van der Waals surface area contributed by atoms with Crippen LogP contribution in [0.1, 0.15) is 26.1 Å². The first-order valence-electron chi connectivity index (χ1n) is 6.77. The van der Waals surface area contributed by atoms with E-state index in [0.29, 0.717) is 30.8 Å². The molecule has 2 aromatic rings. The number of methoxy groups -OCH3 is 1. The van der Waals surface area contributed by atoms with Crippen LogP contribution in [0.2, 0.25) is 0 Å². The molecular weight excluding hydrogens is 256 g/mol. The fourth-order valence-corrected chi connectivity index (χ4v) is 1.63. The third-order valence-corrected chi connectivity index (χ3v) is 3.01. The van der Waals surface area contributed by atoms with Gasteiger partial charge in [-0.3, -0.25) is 0 Å². The van der Waals surface area contributed by atoms with Crippen molar-refractivity contribution in [3.05, 3.63) is 24.2 Å². The lowest BCUT2D eigenvalue weighted by Gasteiger charge is -2.11. The van der Waals surface area contributed by atoms with Crippen molar-refractivity contribution in [2.45, 2.75) is 32.7 Å². The summed E-state index contributed by atoms with van der Waals surface area (Å²) in [5.74, 6) is 1.98. The molecule has 2 rings (SSSR count). The monoisotopic (exact) mass is 276 g/mol. The molecule has 0 aromatic carbocycles. The highest BCUT2D eigenvalue weighted by molar-refractivity contribution is 5.54. The van der Waals surface area contributed by atoms with Gasteiger partial charge in [0.05, 0.1) is 12.2 Å². The average Bonchev–Trinajstić information content (AvgIpc) is 2.94. The molecule has 1 atom stereocenters. The molecule has 108 valence electrons. The van der Waals surface area contributed by atoms with Gasteiger partial charge >= 0.3 is 0 Å². The van der Waals surface area contributed by atoms with Crippen molar-refractivity contribution >= 4 is 5.82 Å². The summed E-state index contributed by atoms with van der Waals surface area (Å²) >= 11 is 0. The fraction of sp³-hybridized carbons (Fsp3) is 0.500. The van der Waals surface area contributed by atoms with Crippen molar-refractivity contribution < 1.29 is 9.26 Å². The van der Waals surface area contributed by atoms with Gasteiger partial charge in [0.1, 0.15) is 5.82 Å². The van der Waals surface area contributed by atoms with Crippen molar-refractivity contribution in [2.75, 3.05) is 19.0 Å². The maximum Gasteiger partial charge on any atom is 0.259 e. The number of hydrogen-bond acceptors (Lipinski definition) is 6. The molecule has 0 bridgehead atoms. The number of aromatic nitrogens is 3. The second-order valence-electron chi connectivity index (χ2n) is 4.64. The number of rotatable bonds is 7. The molecule has 0 saturated heterocycles. The summed E-state index contributed by atoms with van der Waals surface area (Å²) in [7, 11) is 1.65. The minimum Gasteiger partial charge on any atom is -0.384 e. The first-order chi connectivity index (χ1) is 9.72. The van der Waals surface area contributed by atoms with Crippen LogP contribution in [0.4, 0.5) is 5.82 Å². The van der Waals surface area contributed by atoms with E-state index in [-0.39, 0.29) is 0 Å². The van der Waals surface area contributed by atoms with Gasteiger partial charge in [0.2, 0.25) is 0 Å². The number of nitrogens with one attached hydrogen (secondary N) is 1. The minimum atomic E-state index is 0.400. The van der Waals surface area contributed by atoms with Crippen molar-refractivity contribution in [1.29, 1.82) is 0 Å². The smallest absolute Gasteiger partial charge is 0.259 e. The van der Waals surface area contributed by atoms with Crippen molar-refractivity contribution in [1.82, 2.24) is 15.1 Å². The summed E-state index contributed by atoms with van der Waals surface area (Å²) in [6.07, 6.45) is 3.43. The first kappa shape index (κ1) is 14.5. The molecule has 0 unspecified atom stereocenters. The van der Waals surface area contributed by atoms with Gasteiger partial charge in [0, 0.05) is 25.8 Å². The maximum atomic E-state index is 5.21. The lowest BCUT2D eigenvalue weighted by molar-refractivity contribution is 0.199. The lowest BCUT2D eigenvalue weighted by atomic mass is 10.2. The minimum absolute atomic E-state index is 0.400. The van der Waals surface area contributed by atoms with Crippen LogP contribution in [0.5, 0.6) is 0 Å². The second kappa shape index (κ2) is 7.00. The van der Waals surface area contributed by atoms with Crippen LogP contribution in [0.25, 0.3) is 11.5 Å². The van der Waals surface area contributed by atoms with E-state index in [1.165, 1.54) is 0 Å². The molecule has 0 amide bonds. The Morgan fingerprint density at radius 2 is 2.25 bits per heavy atom. The number of anilines is 1. The van der Waals surface area contributed by atoms with Crippen LogP contribution in [0.15, 0.2) is 22.9 Å². The highest BCUT2D eigenvalue weighted by Crippen LogP contribution is 2.18. The average molecular weight is 276 g/mol. The normalized spacial score (nSPS) is 12.3. The Morgan fingerprint density at radius 1 is 1.40 bits per heavy atom. The largest absolute Gasteiger partial charge is 0.384 e. The van der Waals surface area contributed by atoms with Gasteiger partial charge in [-0.2, -0.15) is 4.98 Å². The lowest BCUT2D eigenvalue weighted by Crippen LogP contribution is -2.14. The Bertz CT molecular complexity index is 524. The van der Waals surface area contributed by atoms with Gasteiger partial charge in [-0.25, -0.2) is 4.98 Å². The van der Waals surface area contributed by atoms with E-state index in [1.807, 2.05) is 12.1 Å². The molecular formula is C14H20N4O2. The third-order valence-electron chi connectivity index (χ3n) is 3.01. The number of pyridine rings is 1.